The molecular formula is C13H15NSZn. The van der Waals surface area contributed by atoms with Gasteiger partial charge < -0.3 is 5.73 Å². The van der Waals surface area contributed by atoms with Crippen molar-refractivity contribution in [3.8, 4) is 0 Å². The number of aryl methyl sites for hydroxylation is 1. The normalized spacial score (nSPS) is 8.38. The van der Waals surface area contributed by atoms with Crippen LogP contribution in [0.1, 0.15) is 5.56 Å². The molecule has 3 heteroatoms. The molecule has 0 heterocycles. The van der Waals surface area contributed by atoms with Crippen molar-refractivity contribution in [2.45, 2.75) is 11.8 Å². The predicted molar refractivity (Wildman–Crippen MR) is 69.3 cm³/mol. The number of anilines is 1. The van der Waals surface area contributed by atoms with Crippen LogP contribution in [-0.2, 0) is 19.5 Å². The second-order valence-corrected chi connectivity index (χ2v) is 3.76. The first kappa shape index (κ1) is 15.2. The fourth-order valence-corrected chi connectivity index (χ4v) is 1.17. The van der Waals surface area contributed by atoms with Gasteiger partial charge in [-0.3, -0.25) is 0 Å². The Bertz CT molecular complexity index is 365. The van der Waals surface area contributed by atoms with E-state index < -0.39 is 0 Å². The number of thiol groups is 1. The summed E-state index contributed by atoms with van der Waals surface area (Å²) in [5.74, 6) is 0. The van der Waals surface area contributed by atoms with E-state index in [1.165, 1.54) is 5.56 Å². The third kappa shape index (κ3) is 6.65. The number of hydrogen-bond donors (Lipinski definition) is 2. The zero-order chi connectivity index (χ0) is 11.1. The molecule has 0 unspecified atom stereocenters. The van der Waals surface area contributed by atoms with Crippen molar-refractivity contribution in [2.75, 3.05) is 5.73 Å². The van der Waals surface area contributed by atoms with Crippen molar-refractivity contribution in [3.05, 3.63) is 60.2 Å². The Balaban J connectivity index is 0.000000267. The summed E-state index contributed by atoms with van der Waals surface area (Å²) < 4.78 is 0. The van der Waals surface area contributed by atoms with Gasteiger partial charge in [0.05, 0.1) is 0 Å². The second-order valence-electron chi connectivity index (χ2n) is 3.25. The molecule has 2 aromatic rings. The molecule has 0 amide bonds. The van der Waals surface area contributed by atoms with E-state index >= 15 is 0 Å². The van der Waals surface area contributed by atoms with E-state index in [0.29, 0.717) is 0 Å². The average Bonchev–Trinajstić information content (AvgIpc) is 2.25. The van der Waals surface area contributed by atoms with Gasteiger partial charge in [-0.15, -0.1) is 12.6 Å². The van der Waals surface area contributed by atoms with Gasteiger partial charge in [0.25, 0.3) is 0 Å². The Hall–Kier alpha value is -0.787. The van der Waals surface area contributed by atoms with Crippen LogP contribution in [0.5, 0.6) is 0 Å². The summed E-state index contributed by atoms with van der Waals surface area (Å²) in [5, 5.41) is 0. The van der Waals surface area contributed by atoms with Crippen molar-refractivity contribution in [1.29, 1.82) is 0 Å². The Morgan fingerprint density at radius 1 is 0.875 bits per heavy atom. The molecule has 2 aromatic carbocycles. The minimum absolute atomic E-state index is 0. The molecule has 0 bridgehead atoms. The second kappa shape index (κ2) is 8.38. The summed E-state index contributed by atoms with van der Waals surface area (Å²) in [4.78, 5) is 1.02. The first-order valence-corrected chi connectivity index (χ1v) is 5.19. The summed E-state index contributed by atoms with van der Waals surface area (Å²) in [7, 11) is 0. The molecule has 0 radical (unpaired) electrons. The molecule has 0 aliphatic heterocycles. The van der Waals surface area contributed by atoms with Crippen molar-refractivity contribution in [3.63, 3.8) is 0 Å². The van der Waals surface area contributed by atoms with Crippen LogP contribution in [0.2, 0.25) is 0 Å². The number of nitrogen functional groups attached to an aromatic ring is 1. The first-order chi connectivity index (χ1) is 7.18. The molecule has 2 N–H and O–H groups in total. The smallest absolute Gasteiger partial charge is 0.0314 e. The monoisotopic (exact) mass is 281 g/mol. The third-order valence-electron chi connectivity index (χ3n) is 1.83. The number of nitrogens with two attached hydrogens (primary N) is 1. The number of rotatable bonds is 0. The first-order valence-electron chi connectivity index (χ1n) is 4.74. The summed E-state index contributed by atoms with van der Waals surface area (Å²) in [5.41, 5.74) is 7.51. The fourth-order valence-electron chi connectivity index (χ4n) is 0.994. The largest absolute Gasteiger partial charge is 0.399 e. The summed E-state index contributed by atoms with van der Waals surface area (Å²) in [6, 6.07) is 17.6. The van der Waals surface area contributed by atoms with Crippen LogP contribution in [0.3, 0.4) is 0 Å². The summed E-state index contributed by atoms with van der Waals surface area (Å²) >= 11 is 4.08. The van der Waals surface area contributed by atoms with Gasteiger partial charge in [-0.05, 0) is 31.2 Å². The molecule has 0 fully saturated rings. The van der Waals surface area contributed by atoms with Gasteiger partial charge in [0.15, 0.2) is 0 Å². The van der Waals surface area contributed by atoms with Gasteiger partial charge in [0, 0.05) is 30.1 Å². The maximum atomic E-state index is 5.43. The van der Waals surface area contributed by atoms with Gasteiger partial charge in [0.2, 0.25) is 0 Å². The van der Waals surface area contributed by atoms with Crippen LogP contribution >= 0.6 is 12.6 Å². The SMILES string of the molecule is Cc1ccc(N)cc1.Sc1ccccc1.[Zn]. The summed E-state index contributed by atoms with van der Waals surface area (Å²) in [6.45, 7) is 2.04. The van der Waals surface area contributed by atoms with Crippen molar-refractivity contribution in [2.24, 2.45) is 0 Å². The molecule has 0 aliphatic carbocycles. The van der Waals surface area contributed by atoms with Gasteiger partial charge in [0.1, 0.15) is 0 Å². The molecule has 16 heavy (non-hydrogen) atoms. The molecule has 2 rings (SSSR count). The van der Waals surface area contributed by atoms with Gasteiger partial charge in [-0.25, -0.2) is 0 Å². The Morgan fingerprint density at radius 3 is 1.69 bits per heavy atom. The van der Waals surface area contributed by atoms with E-state index in [2.05, 4.69) is 12.6 Å². The molecule has 0 spiro atoms. The summed E-state index contributed by atoms with van der Waals surface area (Å²) in [6.07, 6.45) is 0. The van der Waals surface area contributed by atoms with E-state index in [1.54, 1.807) is 0 Å². The zero-order valence-corrected chi connectivity index (χ0v) is 13.3. The molecule has 0 aliphatic rings. The maximum absolute atomic E-state index is 5.43. The van der Waals surface area contributed by atoms with Crippen LogP contribution in [0.4, 0.5) is 5.69 Å². The van der Waals surface area contributed by atoms with Crippen LogP contribution < -0.4 is 5.73 Å². The van der Waals surface area contributed by atoms with E-state index in [-0.39, 0.29) is 19.5 Å². The average molecular weight is 283 g/mol. The van der Waals surface area contributed by atoms with Crippen LogP contribution in [0, 0.1) is 6.92 Å². The Morgan fingerprint density at radius 2 is 1.38 bits per heavy atom. The standard InChI is InChI=1S/C7H9N.C6H6S.Zn/c1-6-2-4-7(8)5-3-6;7-6-4-2-1-3-5-6;/h2-5H,8H2,1H3;1-5,7H;. The van der Waals surface area contributed by atoms with Crippen molar-refractivity contribution < 1.29 is 19.5 Å². The van der Waals surface area contributed by atoms with Gasteiger partial charge in [-0.1, -0.05) is 35.9 Å². The molecule has 0 saturated heterocycles. The Kier molecular flexibility index (Phi) is 7.96. The molecule has 1 nitrogen and oxygen atoms in total. The topological polar surface area (TPSA) is 26.0 Å². The van der Waals surface area contributed by atoms with Crippen molar-refractivity contribution >= 4 is 18.3 Å². The van der Waals surface area contributed by atoms with E-state index in [0.717, 1.165) is 10.6 Å². The molecule has 0 atom stereocenters. The van der Waals surface area contributed by atoms with E-state index in [9.17, 15) is 0 Å². The van der Waals surface area contributed by atoms with Crippen LogP contribution in [0.25, 0.3) is 0 Å². The van der Waals surface area contributed by atoms with Crippen LogP contribution in [0.15, 0.2) is 59.5 Å². The van der Waals surface area contributed by atoms with Gasteiger partial charge >= 0.3 is 0 Å². The Labute approximate surface area is 115 Å². The molecule has 0 aromatic heterocycles. The van der Waals surface area contributed by atoms with Gasteiger partial charge in [-0.2, -0.15) is 0 Å². The number of benzene rings is 2. The molecule has 0 saturated carbocycles. The predicted octanol–water partition coefficient (Wildman–Crippen LogP) is 3.55. The minimum Gasteiger partial charge on any atom is -0.399 e. The third-order valence-corrected chi connectivity index (χ3v) is 2.13. The zero-order valence-electron chi connectivity index (χ0n) is 9.43. The quantitative estimate of drug-likeness (QED) is 0.431. The number of hydrogen-bond acceptors (Lipinski definition) is 2. The maximum Gasteiger partial charge on any atom is 0.0314 e. The van der Waals surface area contributed by atoms with E-state index in [1.807, 2.05) is 61.5 Å². The van der Waals surface area contributed by atoms with Crippen LogP contribution in [-0.4, -0.2) is 0 Å². The van der Waals surface area contributed by atoms with Crippen molar-refractivity contribution in [1.82, 2.24) is 0 Å². The van der Waals surface area contributed by atoms with E-state index in [4.69, 9.17) is 5.73 Å². The molecular weight excluding hydrogens is 268 g/mol. The fraction of sp³-hybridized carbons (Fsp3) is 0.0769. The molecule has 80 valence electrons. The minimum atomic E-state index is 0.